The van der Waals surface area contributed by atoms with E-state index in [0.29, 0.717) is 11.8 Å². The zero-order valence-electron chi connectivity index (χ0n) is 19.7. The molecule has 5 nitrogen and oxygen atoms in total. The van der Waals surface area contributed by atoms with Gasteiger partial charge in [-0.1, -0.05) is 26.7 Å². The molecule has 175 valence electrons. The van der Waals surface area contributed by atoms with E-state index in [9.17, 15) is 0 Å². The molecule has 0 N–H and O–H groups in total. The van der Waals surface area contributed by atoms with E-state index in [0.717, 1.165) is 33.3 Å². The van der Waals surface area contributed by atoms with E-state index < -0.39 is 0 Å². The van der Waals surface area contributed by atoms with Crippen molar-refractivity contribution in [2.75, 3.05) is 0 Å². The number of rotatable bonds is 3. The molecule has 4 heterocycles. The topological polar surface area (TPSA) is 44.9 Å². The van der Waals surface area contributed by atoms with Gasteiger partial charge in [0, 0.05) is 37.9 Å². The summed E-state index contributed by atoms with van der Waals surface area (Å²) in [6.07, 6.45) is 7.57. The van der Waals surface area contributed by atoms with Gasteiger partial charge in [-0.25, -0.2) is 4.98 Å². The number of pyridine rings is 2. The Morgan fingerprint density at radius 2 is 1.80 bits per heavy atom. The van der Waals surface area contributed by atoms with Gasteiger partial charge < -0.3 is 9.40 Å². The van der Waals surface area contributed by atoms with E-state index in [1.807, 2.05) is 89.3 Å². The van der Waals surface area contributed by atoms with Crippen LogP contribution in [0.4, 0.5) is 5.69 Å². The molecule has 5 aromatic rings. The zero-order valence-corrected chi connectivity index (χ0v) is 22.1. The average Bonchev–Trinajstić information content (AvgIpc) is 3.51. The van der Waals surface area contributed by atoms with E-state index in [4.69, 9.17) is 4.42 Å². The van der Waals surface area contributed by atoms with Crippen LogP contribution in [0, 0.1) is 19.1 Å². The molecule has 2 aromatic carbocycles. The van der Waals surface area contributed by atoms with Crippen LogP contribution >= 0.6 is 0 Å². The summed E-state index contributed by atoms with van der Waals surface area (Å²) in [7, 11) is 0. The van der Waals surface area contributed by atoms with Crippen LogP contribution in [0.5, 0.6) is 0 Å². The summed E-state index contributed by atoms with van der Waals surface area (Å²) in [5.74, 6) is 0. The van der Waals surface area contributed by atoms with Gasteiger partial charge in [0.2, 0.25) is 11.9 Å². The minimum Gasteiger partial charge on any atom is -0.495 e. The van der Waals surface area contributed by atoms with Gasteiger partial charge in [-0.15, -0.1) is 42.0 Å². The average molecular weight is 637 g/mol. The molecule has 6 heteroatoms. The summed E-state index contributed by atoms with van der Waals surface area (Å²) in [6.45, 7) is 6.28. The van der Waals surface area contributed by atoms with E-state index in [1.54, 1.807) is 6.20 Å². The normalized spacial score (nSPS) is 12.2. The Hall–Kier alpha value is -3.69. The first-order valence-corrected chi connectivity index (χ1v) is 11.2. The number of hydrogen-bond acceptors (Lipinski definition) is 3. The number of benzene rings is 2. The second kappa shape index (κ2) is 10.7. The van der Waals surface area contributed by atoms with Crippen molar-refractivity contribution in [1.29, 1.82) is 0 Å². The standard InChI is InChI=1S/C17H14N3O.C12H10N.Ir/c1-12(2)19-9-10-20(11-19)15-7-3-5-13-14-6-4-8-18-17(14)21-16(13)15;1-10-7-8-12(13-9-10)11-5-3-2-4-6-11;/h3-6,8-10,12H,1-2H3;2-5,7-9H,1H3;/q+1;-1;. The third-order valence-corrected chi connectivity index (χ3v) is 5.48. The molecule has 1 aliphatic rings. The smallest absolute Gasteiger partial charge is 0.493 e. The van der Waals surface area contributed by atoms with Crippen molar-refractivity contribution in [1.82, 2.24) is 9.97 Å². The number of fused-ring (bicyclic) bond motifs is 3. The van der Waals surface area contributed by atoms with Crippen molar-refractivity contribution in [3.8, 4) is 11.3 Å². The minimum atomic E-state index is 0. The van der Waals surface area contributed by atoms with Crippen LogP contribution in [0.25, 0.3) is 33.3 Å². The SMILES string of the molecule is CC(C)[N+]1=C=[N+](c2[c-]ccc3c2oc2ncccc23)C=C1.Cc1ccc(-c2[c-]cccc2)nc1.[Ir]. The Morgan fingerprint density at radius 1 is 0.914 bits per heavy atom. The van der Waals surface area contributed by atoms with Crippen LogP contribution in [-0.2, 0) is 20.1 Å². The van der Waals surface area contributed by atoms with Crippen molar-refractivity contribution < 1.29 is 33.7 Å². The number of aromatic nitrogens is 2. The summed E-state index contributed by atoms with van der Waals surface area (Å²) in [5, 5.41) is 2.07. The molecule has 0 saturated heterocycles. The largest absolute Gasteiger partial charge is 0.495 e. The van der Waals surface area contributed by atoms with Crippen LogP contribution < -0.4 is 0 Å². The van der Waals surface area contributed by atoms with Gasteiger partial charge in [-0.3, -0.25) is 0 Å². The Morgan fingerprint density at radius 3 is 2.51 bits per heavy atom. The van der Waals surface area contributed by atoms with Crippen LogP contribution in [-0.4, -0.2) is 31.2 Å². The molecule has 1 aliphatic heterocycles. The molecular weight excluding hydrogens is 613 g/mol. The first kappa shape index (κ1) is 24.4. The van der Waals surface area contributed by atoms with E-state index in [2.05, 4.69) is 48.0 Å². The maximum atomic E-state index is 5.92. The number of furan rings is 1. The molecule has 3 aromatic heterocycles. The number of nitrogens with zero attached hydrogens (tertiary/aromatic N) is 4. The predicted molar refractivity (Wildman–Crippen MR) is 133 cm³/mol. The number of aryl methyl sites for hydroxylation is 1. The second-order valence-electron chi connectivity index (χ2n) is 8.29. The van der Waals surface area contributed by atoms with E-state index in [1.165, 1.54) is 5.56 Å². The van der Waals surface area contributed by atoms with Crippen molar-refractivity contribution in [3.63, 3.8) is 0 Å². The fourth-order valence-corrected chi connectivity index (χ4v) is 3.66. The summed E-state index contributed by atoms with van der Waals surface area (Å²) in [5.41, 5.74) is 5.49. The first-order chi connectivity index (χ1) is 16.6. The molecule has 0 atom stereocenters. The minimum absolute atomic E-state index is 0. The van der Waals surface area contributed by atoms with Gasteiger partial charge in [-0.05, 0) is 44.2 Å². The molecular formula is C29H24IrN4O. The van der Waals surface area contributed by atoms with Gasteiger partial charge in [0.15, 0.2) is 11.7 Å². The Bertz CT molecular complexity index is 1560. The van der Waals surface area contributed by atoms with Gasteiger partial charge in [-0.2, -0.15) is 12.1 Å². The molecule has 0 spiro atoms. The Kier molecular flexibility index (Phi) is 7.48. The maximum absolute atomic E-state index is 5.92. The molecule has 0 fully saturated rings. The van der Waals surface area contributed by atoms with Crippen LogP contribution in [0.3, 0.4) is 0 Å². The Balaban J connectivity index is 0.000000179. The van der Waals surface area contributed by atoms with Gasteiger partial charge in [0.05, 0.1) is 5.58 Å². The maximum Gasteiger partial charge on any atom is 0.493 e. The summed E-state index contributed by atoms with van der Waals surface area (Å²) >= 11 is 0. The summed E-state index contributed by atoms with van der Waals surface area (Å²) in [4.78, 5) is 8.60. The molecule has 0 amide bonds. The van der Waals surface area contributed by atoms with Gasteiger partial charge in [0.25, 0.3) is 6.20 Å². The molecule has 0 aliphatic carbocycles. The molecule has 1 radical (unpaired) electrons. The van der Waals surface area contributed by atoms with E-state index >= 15 is 0 Å². The van der Waals surface area contributed by atoms with Crippen LogP contribution in [0.15, 0.2) is 89.9 Å². The quantitative estimate of drug-likeness (QED) is 0.171. The predicted octanol–water partition coefficient (Wildman–Crippen LogP) is 6.36. The third-order valence-electron chi connectivity index (χ3n) is 5.48. The van der Waals surface area contributed by atoms with Crippen LogP contribution in [0.2, 0.25) is 0 Å². The van der Waals surface area contributed by atoms with Crippen molar-refractivity contribution in [2.24, 2.45) is 0 Å². The molecule has 0 saturated carbocycles. The molecule has 0 bridgehead atoms. The fourth-order valence-electron chi connectivity index (χ4n) is 3.66. The number of hydrogen-bond donors (Lipinski definition) is 0. The second-order valence-corrected chi connectivity index (χ2v) is 8.29. The van der Waals surface area contributed by atoms with Gasteiger partial charge in [0.1, 0.15) is 0 Å². The molecule has 0 unspecified atom stereocenters. The zero-order chi connectivity index (χ0) is 23.5. The van der Waals surface area contributed by atoms with E-state index in [-0.39, 0.29) is 20.1 Å². The van der Waals surface area contributed by atoms with Crippen molar-refractivity contribution >= 4 is 33.8 Å². The van der Waals surface area contributed by atoms with Crippen LogP contribution in [0.1, 0.15) is 19.4 Å². The Labute approximate surface area is 218 Å². The van der Waals surface area contributed by atoms with Crippen molar-refractivity contribution in [3.05, 3.63) is 103 Å². The molecule has 35 heavy (non-hydrogen) atoms. The van der Waals surface area contributed by atoms with Gasteiger partial charge >= 0.3 is 6.01 Å². The monoisotopic (exact) mass is 637 g/mol. The summed E-state index contributed by atoms with van der Waals surface area (Å²) in [6, 6.07) is 29.8. The fraction of sp³-hybridized carbons (Fsp3) is 0.138. The van der Waals surface area contributed by atoms with Crippen molar-refractivity contribution in [2.45, 2.75) is 26.8 Å². The third kappa shape index (κ3) is 5.21. The summed E-state index contributed by atoms with van der Waals surface area (Å²) < 4.78 is 9.84. The molecule has 6 rings (SSSR count). The first-order valence-electron chi connectivity index (χ1n) is 11.2.